The standard InChI is InChI=1S/C19H16N.C17H12N.Ir/c1-15(16-8-3-2-4-9-16)17-10-7-11-18(14-17)19-12-5-6-13-20-19;1-2-7-14(8-3-1)15-9-6-10-16(13-15)17-11-4-5-12-18-17;/h2-10,12-15H,1H3;1-9,11-13H;/q2*-1;. The van der Waals surface area contributed by atoms with E-state index in [0.29, 0.717) is 5.92 Å². The van der Waals surface area contributed by atoms with Crippen molar-refractivity contribution in [2.45, 2.75) is 12.8 Å². The topological polar surface area (TPSA) is 25.8 Å². The normalized spacial score (nSPS) is 10.9. The molecule has 2 nitrogen and oxygen atoms in total. The van der Waals surface area contributed by atoms with E-state index in [1.165, 1.54) is 22.3 Å². The molecule has 2 heterocycles. The quantitative estimate of drug-likeness (QED) is 0.170. The average Bonchev–Trinajstić information content (AvgIpc) is 3.03. The first-order valence-electron chi connectivity index (χ1n) is 12.7. The van der Waals surface area contributed by atoms with Crippen LogP contribution in [0.3, 0.4) is 0 Å². The molecule has 0 amide bonds. The van der Waals surface area contributed by atoms with Crippen molar-refractivity contribution in [3.63, 3.8) is 0 Å². The summed E-state index contributed by atoms with van der Waals surface area (Å²) in [7, 11) is 0. The third kappa shape index (κ3) is 7.45. The summed E-state index contributed by atoms with van der Waals surface area (Å²) in [6.45, 7) is 2.23. The molecule has 0 aliphatic rings. The number of pyridine rings is 2. The molecular formula is C36H28IrN2-2. The van der Waals surface area contributed by atoms with E-state index in [9.17, 15) is 0 Å². The number of benzene rings is 4. The van der Waals surface area contributed by atoms with Crippen molar-refractivity contribution < 1.29 is 20.1 Å². The van der Waals surface area contributed by atoms with E-state index in [-0.39, 0.29) is 20.1 Å². The van der Waals surface area contributed by atoms with Crippen LogP contribution in [0.1, 0.15) is 24.0 Å². The molecule has 3 heteroatoms. The van der Waals surface area contributed by atoms with Crippen LogP contribution in [0.5, 0.6) is 0 Å². The summed E-state index contributed by atoms with van der Waals surface area (Å²) in [5.74, 6) is 0.369. The molecular weight excluding hydrogens is 653 g/mol. The summed E-state index contributed by atoms with van der Waals surface area (Å²) >= 11 is 0. The van der Waals surface area contributed by atoms with Gasteiger partial charge in [0.2, 0.25) is 0 Å². The number of aromatic nitrogens is 2. The number of rotatable bonds is 5. The zero-order valence-corrected chi connectivity index (χ0v) is 24.1. The summed E-state index contributed by atoms with van der Waals surface area (Å²) < 4.78 is 0. The van der Waals surface area contributed by atoms with Gasteiger partial charge in [-0.1, -0.05) is 91.9 Å². The molecule has 0 saturated heterocycles. The second-order valence-corrected chi connectivity index (χ2v) is 8.96. The maximum Gasteiger partial charge on any atom is 0.0160 e. The molecule has 1 unspecified atom stereocenters. The van der Waals surface area contributed by atoms with E-state index in [1.807, 2.05) is 79.0 Å². The van der Waals surface area contributed by atoms with E-state index in [2.05, 4.69) is 89.7 Å². The van der Waals surface area contributed by atoms with Gasteiger partial charge in [0.25, 0.3) is 0 Å². The zero-order chi connectivity index (χ0) is 26.0. The van der Waals surface area contributed by atoms with Gasteiger partial charge in [-0.25, -0.2) is 0 Å². The van der Waals surface area contributed by atoms with Crippen molar-refractivity contribution in [1.82, 2.24) is 9.97 Å². The summed E-state index contributed by atoms with van der Waals surface area (Å²) in [5, 5.41) is 0. The summed E-state index contributed by atoms with van der Waals surface area (Å²) in [4.78, 5) is 8.74. The van der Waals surface area contributed by atoms with Crippen LogP contribution in [0.25, 0.3) is 33.6 Å². The molecule has 0 fully saturated rings. The summed E-state index contributed by atoms with van der Waals surface area (Å²) in [6.07, 6.45) is 3.62. The Kier molecular flexibility index (Phi) is 10.1. The fourth-order valence-electron chi connectivity index (χ4n) is 4.30. The van der Waals surface area contributed by atoms with E-state index in [0.717, 1.165) is 22.5 Å². The van der Waals surface area contributed by atoms with Crippen molar-refractivity contribution in [2.75, 3.05) is 0 Å². The predicted molar refractivity (Wildman–Crippen MR) is 156 cm³/mol. The minimum atomic E-state index is 0. The molecule has 1 atom stereocenters. The average molecular weight is 681 g/mol. The van der Waals surface area contributed by atoms with Gasteiger partial charge in [0, 0.05) is 32.5 Å². The molecule has 39 heavy (non-hydrogen) atoms. The minimum Gasteiger partial charge on any atom is -0.305 e. The van der Waals surface area contributed by atoms with Crippen LogP contribution in [0.4, 0.5) is 0 Å². The predicted octanol–water partition coefficient (Wildman–Crippen LogP) is 8.91. The third-order valence-electron chi connectivity index (χ3n) is 6.42. The van der Waals surface area contributed by atoms with Gasteiger partial charge in [-0.15, -0.1) is 70.8 Å². The Morgan fingerprint density at radius 1 is 0.513 bits per heavy atom. The van der Waals surface area contributed by atoms with Crippen molar-refractivity contribution in [3.8, 4) is 33.6 Å². The molecule has 0 N–H and O–H groups in total. The Morgan fingerprint density at radius 3 is 1.64 bits per heavy atom. The van der Waals surface area contributed by atoms with Gasteiger partial charge < -0.3 is 9.97 Å². The maximum absolute atomic E-state index is 4.39. The number of hydrogen-bond donors (Lipinski definition) is 0. The Morgan fingerprint density at radius 2 is 1.05 bits per heavy atom. The van der Waals surface area contributed by atoms with Crippen LogP contribution in [-0.2, 0) is 20.1 Å². The first-order chi connectivity index (χ1) is 18.8. The molecule has 0 saturated carbocycles. The van der Waals surface area contributed by atoms with Crippen molar-refractivity contribution in [1.29, 1.82) is 0 Å². The van der Waals surface area contributed by atoms with Gasteiger partial charge >= 0.3 is 0 Å². The van der Waals surface area contributed by atoms with Crippen LogP contribution in [-0.4, -0.2) is 9.97 Å². The van der Waals surface area contributed by atoms with E-state index < -0.39 is 0 Å². The molecule has 1 radical (unpaired) electrons. The first kappa shape index (κ1) is 27.9. The van der Waals surface area contributed by atoms with Gasteiger partial charge in [-0.3, -0.25) is 0 Å². The SMILES string of the molecule is CC(c1ccccc1)c1cc[c-]c(-c2ccccn2)c1.[Ir].[c-]1ccc(-c2ccccc2)cc1-c1ccccn1. The van der Waals surface area contributed by atoms with Crippen LogP contribution >= 0.6 is 0 Å². The smallest absolute Gasteiger partial charge is 0.0160 e. The minimum absolute atomic E-state index is 0. The molecule has 4 aromatic carbocycles. The van der Waals surface area contributed by atoms with Crippen LogP contribution in [0.15, 0.2) is 146 Å². The maximum atomic E-state index is 4.39. The monoisotopic (exact) mass is 681 g/mol. The second-order valence-electron chi connectivity index (χ2n) is 8.96. The van der Waals surface area contributed by atoms with Gasteiger partial charge in [-0.2, -0.15) is 0 Å². The number of nitrogens with zero attached hydrogens (tertiary/aromatic N) is 2. The molecule has 6 rings (SSSR count). The van der Waals surface area contributed by atoms with E-state index in [4.69, 9.17) is 0 Å². The van der Waals surface area contributed by atoms with Crippen molar-refractivity contribution >= 4 is 0 Å². The zero-order valence-electron chi connectivity index (χ0n) is 21.7. The fourth-order valence-corrected chi connectivity index (χ4v) is 4.30. The van der Waals surface area contributed by atoms with Gasteiger partial charge in [-0.05, 0) is 40.6 Å². The molecule has 0 aliphatic heterocycles. The summed E-state index contributed by atoms with van der Waals surface area (Å²) in [5.41, 5.74) is 9.01. The first-order valence-corrected chi connectivity index (χ1v) is 12.7. The van der Waals surface area contributed by atoms with Crippen LogP contribution < -0.4 is 0 Å². The van der Waals surface area contributed by atoms with Crippen molar-refractivity contribution in [3.05, 3.63) is 169 Å². The van der Waals surface area contributed by atoms with E-state index >= 15 is 0 Å². The fraction of sp³-hybridized carbons (Fsp3) is 0.0556. The number of hydrogen-bond acceptors (Lipinski definition) is 2. The second kappa shape index (κ2) is 14.1. The van der Waals surface area contributed by atoms with Gasteiger partial charge in [0.05, 0.1) is 0 Å². The van der Waals surface area contributed by atoms with Crippen molar-refractivity contribution in [2.24, 2.45) is 0 Å². The Labute approximate surface area is 244 Å². The summed E-state index contributed by atoms with van der Waals surface area (Å²) in [6, 6.07) is 51.7. The molecule has 2 aromatic heterocycles. The Balaban J connectivity index is 0.000000177. The Bertz CT molecular complexity index is 1500. The van der Waals surface area contributed by atoms with Gasteiger partial charge in [0.15, 0.2) is 0 Å². The van der Waals surface area contributed by atoms with Crippen LogP contribution in [0.2, 0.25) is 0 Å². The molecule has 0 spiro atoms. The van der Waals surface area contributed by atoms with E-state index in [1.54, 1.807) is 6.20 Å². The Hall–Kier alpha value is -4.17. The van der Waals surface area contributed by atoms with Gasteiger partial charge in [0.1, 0.15) is 0 Å². The molecule has 0 bridgehead atoms. The largest absolute Gasteiger partial charge is 0.305 e. The third-order valence-corrected chi connectivity index (χ3v) is 6.42. The van der Waals surface area contributed by atoms with Crippen LogP contribution in [0, 0.1) is 12.1 Å². The molecule has 193 valence electrons. The molecule has 0 aliphatic carbocycles. The molecule has 6 aromatic rings.